The van der Waals surface area contributed by atoms with Crippen LogP contribution >= 0.6 is 0 Å². The van der Waals surface area contributed by atoms with E-state index in [2.05, 4.69) is 10.1 Å². The van der Waals surface area contributed by atoms with Gasteiger partial charge in [-0.15, -0.1) is 0 Å². The van der Waals surface area contributed by atoms with Crippen LogP contribution in [0.25, 0.3) is 0 Å². The number of benzene rings is 1. The van der Waals surface area contributed by atoms with Gasteiger partial charge in [0.05, 0.1) is 5.56 Å². The molecule has 0 atom stereocenters. The molecule has 9 nitrogen and oxygen atoms in total. The van der Waals surface area contributed by atoms with Gasteiger partial charge in [-0.2, -0.15) is 8.78 Å². The molecule has 1 aromatic carbocycles. The van der Waals surface area contributed by atoms with Crippen LogP contribution in [-0.4, -0.2) is 83.3 Å². The summed E-state index contributed by atoms with van der Waals surface area (Å²) in [6.45, 7) is -1.68. The number of rotatable bonds is 7. The normalized spacial score (nSPS) is 19.8. The number of nitrogens with zero attached hydrogens (tertiary/aromatic N) is 3. The summed E-state index contributed by atoms with van der Waals surface area (Å²) >= 11 is 0. The van der Waals surface area contributed by atoms with E-state index in [1.807, 2.05) is 0 Å². The first kappa shape index (κ1) is 23.9. The number of carbonyl (C=O) groups excluding carboxylic acids is 4. The van der Waals surface area contributed by atoms with E-state index in [-0.39, 0.29) is 55.2 Å². The smallest absolute Gasteiger partial charge is 0.387 e. The molecule has 184 valence electrons. The first-order valence-electron chi connectivity index (χ1n) is 11.6. The van der Waals surface area contributed by atoms with Crippen molar-refractivity contribution in [3.8, 4) is 5.75 Å². The molecule has 11 heteroatoms. The number of halogens is 2. The number of urea groups is 1. The van der Waals surface area contributed by atoms with E-state index in [9.17, 15) is 28.0 Å². The molecule has 5 amide bonds. The molecule has 1 saturated carbocycles. The Kier molecular flexibility index (Phi) is 6.99. The molecule has 2 saturated heterocycles. The van der Waals surface area contributed by atoms with Crippen LogP contribution in [0.1, 0.15) is 48.9 Å². The number of alkyl halides is 2. The Bertz CT molecular complexity index is 958. The molecule has 2 aliphatic heterocycles. The summed E-state index contributed by atoms with van der Waals surface area (Å²) in [6.07, 6.45) is 3.70. The predicted molar refractivity (Wildman–Crippen MR) is 116 cm³/mol. The minimum absolute atomic E-state index is 0.0520. The molecule has 3 fully saturated rings. The number of nitrogens with one attached hydrogen (secondary N) is 1. The van der Waals surface area contributed by atoms with Crippen LogP contribution in [0.15, 0.2) is 24.3 Å². The Balaban J connectivity index is 1.24. The third-order valence-electron chi connectivity index (χ3n) is 6.73. The topological polar surface area (TPSA) is 99.3 Å². The van der Waals surface area contributed by atoms with E-state index in [0.29, 0.717) is 32.4 Å². The van der Waals surface area contributed by atoms with Gasteiger partial charge in [-0.1, -0.05) is 25.0 Å². The largest absolute Gasteiger partial charge is 0.434 e. The van der Waals surface area contributed by atoms with E-state index in [1.54, 1.807) is 11.0 Å². The van der Waals surface area contributed by atoms with Crippen molar-refractivity contribution in [1.82, 2.24) is 20.0 Å². The Morgan fingerprint density at radius 3 is 2.35 bits per heavy atom. The Morgan fingerprint density at radius 2 is 1.68 bits per heavy atom. The third kappa shape index (κ3) is 4.83. The van der Waals surface area contributed by atoms with Gasteiger partial charge in [0.2, 0.25) is 5.91 Å². The van der Waals surface area contributed by atoms with Crippen molar-refractivity contribution in [1.29, 1.82) is 0 Å². The van der Waals surface area contributed by atoms with Crippen LogP contribution in [-0.2, 0) is 9.59 Å². The van der Waals surface area contributed by atoms with Crippen molar-refractivity contribution in [3.63, 3.8) is 0 Å². The Hall–Kier alpha value is -3.24. The molecule has 1 aliphatic carbocycles. The fourth-order valence-corrected chi connectivity index (χ4v) is 4.91. The minimum Gasteiger partial charge on any atom is -0.434 e. The number of imide groups is 1. The molecule has 0 radical (unpaired) electrons. The molecule has 3 aliphatic rings. The monoisotopic (exact) mass is 478 g/mol. The molecular weight excluding hydrogens is 450 g/mol. The summed E-state index contributed by atoms with van der Waals surface area (Å²) in [5, 5.41) is 2.83. The van der Waals surface area contributed by atoms with Gasteiger partial charge in [0, 0.05) is 39.1 Å². The number of carbonyl (C=O) groups is 4. The zero-order valence-corrected chi connectivity index (χ0v) is 18.8. The highest BCUT2D eigenvalue weighted by atomic mass is 19.3. The fraction of sp³-hybridized carbons (Fsp3) is 0.565. The number of ether oxygens (including phenoxy) is 1. The van der Waals surface area contributed by atoms with Crippen LogP contribution < -0.4 is 10.1 Å². The highest BCUT2D eigenvalue weighted by molar-refractivity contribution is 6.07. The second-order valence-corrected chi connectivity index (χ2v) is 8.83. The number of hydrogen-bond donors (Lipinski definition) is 1. The van der Waals surface area contributed by atoms with Crippen molar-refractivity contribution >= 4 is 23.8 Å². The van der Waals surface area contributed by atoms with Gasteiger partial charge in [0.25, 0.3) is 11.8 Å². The summed E-state index contributed by atoms with van der Waals surface area (Å²) in [7, 11) is 0. The van der Waals surface area contributed by atoms with Crippen molar-refractivity contribution in [2.24, 2.45) is 0 Å². The van der Waals surface area contributed by atoms with Crippen LogP contribution in [0.2, 0.25) is 0 Å². The quantitative estimate of drug-likeness (QED) is 0.606. The molecular formula is C23H28F2N4O5. The van der Waals surface area contributed by atoms with Gasteiger partial charge < -0.3 is 19.9 Å². The first-order valence-corrected chi connectivity index (χ1v) is 11.6. The van der Waals surface area contributed by atoms with E-state index in [0.717, 1.165) is 12.8 Å². The lowest BCUT2D eigenvalue weighted by molar-refractivity contribution is -0.134. The number of para-hydroxylation sites is 1. The third-order valence-corrected chi connectivity index (χ3v) is 6.73. The molecule has 1 aromatic rings. The highest BCUT2D eigenvalue weighted by Crippen LogP contribution is 2.35. The van der Waals surface area contributed by atoms with Crippen molar-refractivity contribution in [2.45, 2.75) is 50.7 Å². The van der Waals surface area contributed by atoms with Gasteiger partial charge >= 0.3 is 12.6 Å². The van der Waals surface area contributed by atoms with Crippen LogP contribution in [0, 0.1) is 0 Å². The van der Waals surface area contributed by atoms with Gasteiger partial charge in [-0.25, -0.2) is 4.79 Å². The maximum atomic E-state index is 12.8. The lowest BCUT2D eigenvalue weighted by Crippen LogP contribution is -2.50. The Morgan fingerprint density at radius 1 is 1.03 bits per heavy atom. The zero-order valence-electron chi connectivity index (χ0n) is 18.8. The number of amides is 5. The fourth-order valence-electron chi connectivity index (χ4n) is 4.91. The second-order valence-electron chi connectivity index (χ2n) is 8.83. The second kappa shape index (κ2) is 9.94. The lowest BCUT2D eigenvalue weighted by Gasteiger charge is -2.35. The van der Waals surface area contributed by atoms with E-state index >= 15 is 0 Å². The molecule has 4 rings (SSSR count). The standard InChI is InChI=1S/C23H28F2N4O5/c24-21(25)34-17-7-2-1-6-16(17)19(31)28-14-12-27(13-15-28)18(30)8-5-11-29-20(32)23(26-22(29)33)9-3-4-10-23/h1-2,6-7,21H,3-5,8-15H2,(H,26,33). The SMILES string of the molecule is O=C(CCCN1C(=O)NC2(CCCC2)C1=O)N1CCN(C(=O)c2ccccc2OC(F)F)CC1. The number of hydrogen-bond acceptors (Lipinski definition) is 5. The molecule has 0 aromatic heterocycles. The summed E-state index contributed by atoms with van der Waals surface area (Å²) in [5.41, 5.74) is -0.695. The molecule has 0 unspecified atom stereocenters. The number of piperazine rings is 1. The van der Waals surface area contributed by atoms with Crippen LogP contribution in [0.5, 0.6) is 5.75 Å². The average Bonchev–Trinajstić information content (AvgIpc) is 3.38. The summed E-state index contributed by atoms with van der Waals surface area (Å²) in [6, 6.07) is 5.45. The zero-order chi connectivity index (χ0) is 24.3. The first-order chi connectivity index (χ1) is 16.3. The van der Waals surface area contributed by atoms with Gasteiger partial charge in [0.1, 0.15) is 11.3 Å². The van der Waals surface area contributed by atoms with Crippen LogP contribution in [0.4, 0.5) is 13.6 Å². The Labute approximate surface area is 196 Å². The maximum Gasteiger partial charge on any atom is 0.387 e. The van der Waals surface area contributed by atoms with Crippen molar-refractivity contribution in [2.75, 3.05) is 32.7 Å². The molecule has 1 N–H and O–H groups in total. The lowest BCUT2D eigenvalue weighted by atomic mass is 9.98. The minimum atomic E-state index is -3.03. The highest BCUT2D eigenvalue weighted by Gasteiger charge is 2.52. The van der Waals surface area contributed by atoms with Gasteiger partial charge in [-0.05, 0) is 31.4 Å². The molecule has 1 spiro atoms. The van der Waals surface area contributed by atoms with Gasteiger partial charge in [-0.3, -0.25) is 19.3 Å². The van der Waals surface area contributed by atoms with Crippen molar-refractivity contribution in [3.05, 3.63) is 29.8 Å². The molecule has 2 heterocycles. The summed E-state index contributed by atoms with van der Waals surface area (Å²) in [5.74, 6) is -0.912. The van der Waals surface area contributed by atoms with Gasteiger partial charge in [0.15, 0.2) is 0 Å². The van der Waals surface area contributed by atoms with E-state index in [4.69, 9.17) is 0 Å². The maximum absolute atomic E-state index is 12.8. The summed E-state index contributed by atoms with van der Waals surface area (Å²) in [4.78, 5) is 54.7. The molecule has 0 bridgehead atoms. The van der Waals surface area contributed by atoms with E-state index in [1.165, 1.54) is 28.0 Å². The van der Waals surface area contributed by atoms with Crippen LogP contribution in [0.3, 0.4) is 0 Å². The predicted octanol–water partition coefficient (Wildman–Crippen LogP) is 2.22. The van der Waals surface area contributed by atoms with Crippen molar-refractivity contribution < 1.29 is 32.7 Å². The molecule has 34 heavy (non-hydrogen) atoms. The summed E-state index contributed by atoms with van der Waals surface area (Å²) < 4.78 is 29.7. The average molecular weight is 478 g/mol. The van der Waals surface area contributed by atoms with E-state index < -0.39 is 18.1 Å².